The summed E-state index contributed by atoms with van der Waals surface area (Å²) < 4.78 is 2.16. The third-order valence-corrected chi connectivity index (χ3v) is 3.35. The number of pyridine rings is 1. The van der Waals surface area contributed by atoms with Crippen LogP contribution in [0.5, 0.6) is 0 Å². The van der Waals surface area contributed by atoms with Gasteiger partial charge in [0, 0.05) is 29.8 Å². The van der Waals surface area contributed by atoms with Gasteiger partial charge in [0.15, 0.2) is 0 Å². The lowest BCUT2D eigenvalue weighted by molar-refractivity contribution is 0.970. The Morgan fingerprint density at radius 2 is 2.00 bits per heavy atom. The van der Waals surface area contributed by atoms with Gasteiger partial charge in [-0.2, -0.15) is 0 Å². The van der Waals surface area contributed by atoms with Crippen LogP contribution in [0.1, 0.15) is 5.56 Å². The minimum absolute atomic E-state index is 0.738. The highest BCUT2D eigenvalue weighted by atomic mass is 15.0. The molecule has 90 valence electrons. The largest absolute Gasteiger partial charge is 0.399 e. The molecule has 2 aromatic heterocycles. The van der Waals surface area contributed by atoms with Crippen LogP contribution < -0.4 is 5.73 Å². The highest BCUT2D eigenvalue weighted by Gasteiger charge is 2.10. The summed E-state index contributed by atoms with van der Waals surface area (Å²) in [6.45, 7) is 2.12. The number of benzene rings is 1. The Morgan fingerprint density at radius 1 is 1.17 bits per heavy atom. The van der Waals surface area contributed by atoms with Gasteiger partial charge in [0.05, 0.1) is 11.4 Å². The summed E-state index contributed by atoms with van der Waals surface area (Å²) in [6, 6.07) is 12.2. The van der Waals surface area contributed by atoms with Crippen molar-refractivity contribution in [2.24, 2.45) is 7.05 Å². The first-order valence-electron chi connectivity index (χ1n) is 5.94. The Hall–Kier alpha value is -2.29. The first-order chi connectivity index (χ1) is 8.66. The van der Waals surface area contributed by atoms with Crippen molar-refractivity contribution in [3.05, 3.63) is 48.2 Å². The minimum atomic E-state index is 0.738. The molecule has 0 radical (unpaired) electrons. The number of nitrogens with zero attached hydrogens (tertiary/aromatic N) is 2. The van der Waals surface area contributed by atoms with E-state index in [2.05, 4.69) is 47.8 Å². The average Bonchev–Trinajstić information content (AvgIpc) is 2.69. The molecule has 0 saturated heterocycles. The second-order valence-electron chi connectivity index (χ2n) is 4.57. The van der Waals surface area contributed by atoms with Crippen LogP contribution in [0.2, 0.25) is 0 Å². The monoisotopic (exact) mass is 237 g/mol. The number of aryl methyl sites for hydroxylation is 2. The van der Waals surface area contributed by atoms with E-state index in [4.69, 9.17) is 5.73 Å². The summed E-state index contributed by atoms with van der Waals surface area (Å²) in [4.78, 5) is 4.39. The molecule has 0 aliphatic carbocycles. The van der Waals surface area contributed by atoms with Crippen LogP contribution in [-0.2, 0) is 7.05 Å². The summed E-state index contributed by atoms with van der Waals surface area (Å²) in [6.07, 6.45) is 1.75. The van der Waals surface area contributed by atoms with Crippen LogP contribution in [0.25, 0.3) is 22.3 Å². The van der Waals surface area contributed by atoms with E-state index in [9.17, 15) is 0 Å². The molecule has 0 aliphatic heterocycles. The SMILES string of the molecule is Cc1cccc2c1cc(-c1cc(N)ccn1)n2C. The molecule has 1 aromatic carbocycles. The van der Waals surface area contributed by atoms with Crippen molar-refractivity contribution < 1.29 is 0 Å². The molecule has 18 heavy (non-hydrogen) atoms. The van der Waals surface area contributed by atoms with Crippen molar-refractivity contribution in [1.29, 1.82) is 0 Å². The van der Waals surface area contributed by atoms with Crippen LogP contribution in [-0.4, -0.2) is 9.55 Å². The van der Waals surface area contributed by atoms with Crippen molar-refractivity contribution >= 4 is 16.6 Å². The van der Waals surface area contributed by atoms with E-state index in [1.165, 1.54) is 16.5 Å². The molecule has 0 saturated carbocycles. The first kappa shape index (κ1) is 10.8. The number of aromatic nitrogens is 2. The number of rotatable bonds is 1. The lowest BCUT2D eigenvalue weighted by Crippen LogP contribution is -1.94. The third kappa shape index (κ3) is 1.56. The van der Waals surface area contributed by atoms with Gasteiger partial charge in [-0.05, 0) is 36.8 Å². The molecule has 3 heteroatoms. The van der Waals surface area contributed by atoms with E-state index in [0.717, 1.165) is 17.1 Å². The van der Waals surface area contributed by atoms with Crippen LogP contribution in [0, 0.1) is 6.92 Å². The van der Waals surface area contributed by atoms with E-state index in [0.29, 0.717) is 0 Å². The third-order valence-electron chi connectivity index (χ3n) is 3.35. The Balaban J connectivity index is 2.30. The zero-order chi connectivity index (χ0) is 12.7. The standard InChI is InChI=1S/C15H15N3/c1-10-4-3-5-14-12(10)9-15(18(14)2)13-8-11(16)6-7-17-13/h3-9H,1-2H3,(H2,16,17). The maximum atomic E-state index is 5.82. The number of nitrogen functional groups attached to an aromatic ring is 1. The Bertz CT molecular complexity index is 726. The number of anilines is 1. The van der Waals surface area contributed by atoms with E-state index in [1.807, 2.05) is 6.07 Å². The predicted octanol–water partition coefficient (Wildman–Crippen LogP) is 3.13. The molecule has 0 bridgehead atoms. The quantitative estimate of drug-likeness (QED) is 0.706. The van der Waals surface area contributed by atoms with Crippen LogP contribution in [0.15, 0.2) is 42.6 Å². The molecular weight excluding hydrogens is 222 g/mol. The van der Waals surface area contributed by atoms with Crippen molar-refractivity contribution in [3.8, 4) is 11.4 Å². The van der Waals surface area contributed by atoms with Crippen molar-refractivity contribution in [2.45, 2.75) is 6.92 Å². The Labute approximate surface area is 106 Å². The fraction of sp³-hybridized carbons (Fsp3) is 0.133. The maximum Gasteiger partial charge on any atom is 0.0887 e. The molecule has 3 nitrogen and oxygen atoms in total. The zero-order valence-corrected chi connectivity index (χ0v) is 10.5. The minimum Gasteiger partial charge on any atom is -0.399 e. The molecule has 2 heterocycles. The van der Waals surface area contributed by atoms with Gasteiger partial charge in [-0.1, -0.05) is 12.1 Å². The molecule has 0 amide bonds. The molecule has 0 aliphatic rings. The van der Waals surface area contributed by atoms with E-state index >= 15 is 0 Å². The highest BCUT2D eigenvalue weighted by Crippen LogP contribution is 2.28. The zero-order valence-electron chi connectivity index (χ0n) is 10.5. The van der Waals surface area contributed by atoms with Crippen molar-refractivity contribution in [3.63, 3.8) is 0 Å². The van der Waals surface area contributed by atoms with E-state index in [-0.39, 0.29) is 0 Å². The number of nitrogens with two attached hydrogens (primary N) is 1. The van der Waals surface area contributed by atoms with Gasteiger partial charge in [-0.25, -0.2) is 0 Å². The van der Waals surface area contributed by atoms with Gasteiger partial charge < -0.3 is 10.3 Å². The van der Waals surface area contributed by atoms with Gasteiger partial charge in [-0.3, -0.25) is 4.98 Å². The fourth-order valence-electron chi connectivity index (χ4n) is 2.34. The topological polar surface area (TPSA) is 43.8 Å². The second-order valence-corrected chi connectivity index (χ2v) is 4.57. The second kappa shape index (κ2) is 3.88. The number of fused-ring (bicyclic) bond motifs is 1. The lowest BCUT2D eigenvalue weighted by Gasteiger charge is -2.04. The smallest absolute Gasteiger partial charge is 0.0887 e. The van der Waals surface area contributed by atoms with Gasteiger partial charge >= 0.3 is 0 Å². The summed E-state index contributed by atoms with van der Waals surface area (Å²) in [7, 11) is 2.06. The van der Waals surface area contributed by atoms with Gasteiger partial charge in [-0.15, -0.1) is 0 Å². The van der Waals surface area contributed by atoms with Crippen molar-refractivity contribution in [1.82, 2.24) is 9.55 Å². The van der Waals surface area contributed by atoms with Crippen LogP contribution in [0.3, 0.4) is 0 Å². The summed E-state index contributed by atoms with van der Waals surface area (Å²) in [5, 5.41) is 1.26. The summed E-state index contributed by atoms with van der Waals surface area (Å²) >= 11 is 0. The normalized spacial score (nSPS) is 11.0. The Morgan fingerprint density at radius 3 is 2.72 bits per heavy atom. The van der Waals surface area contributed by atoms with Gasteiger partial charge in [0.2, 0.25) is 0 Å². The molecule has 3 rings (SSSR count). The fourth-order valence-corrected chi connectivity index (χ4v) is 2.34. The van der Waals surface area contributed by atoms with E-state index in [1.54, 1.807) is 12.3 Å². The van der Waals surface area contributed by atoms with Crippen LogP contribution in [0.4, 0.5) is 5.69 Å². The lowest BCUT2D eigenvalue weighted by atomic mass is 10.1. The van der Waals surface area contributed by atoms with Gasteiger partial charge in [0.25, 0.3) is 0 Å². The maximum absolute atomic E-state index is 5.82. The average molecular weight is 237 g/mol. The summed E-state index contributed by atoms with van der Waals surface area (Å²) in [5.74, 6) is 0. The molecule has 0 spiro atoms. The first-order valence-corrected chi connectivity index (χ1v) is 5.94. The number of hydrogen-bond acceptors (Lipinski definition) is 2. The predicted molar refractivity (Wildman–Crippen MR) is 75.3 cm³/mol. The van der Waals surface area contributed by atoms with Crippen molar-refractivity contribution in [2.75, 3.05) is 5.73 Å². The van der Waals surface area contributed by atoms with Gasteiger partial charge in [0.1, 0.15) is 0 Å². The number of hydrogen-bond donors (Lipinski definition) is 1. The highest BCUT2D eigenvalue weighted by molar-refractivity contribution is 5.89. The molecule has 0 atom stereocenters. The van der Waals surface area contributed by atoms with Crippen LogP contribution >= 0.6 is 0 Å². The molecule has 0 unspecified atom stereocenters. The Kier molecular flexibility index (Phi) is 2.33. The molecule has 3 aromatic rings. The molecule has 2 N–H and O–H groups in total. The molecular formula is C15H15N3. The summed E-state index contributed by atoms with van der Waals surface area (Å²) in [5.41, 5.74) is 11.1. The molecule has 0 fully saturated rings. The van der Waals surface area contributed by atoms with E-state index < -0.39 is 0 Å².